The average molecular weight is 238 g/mol. The molecule has 0 unspecified atom stereocenters. The van der Waals surface area contributed by atoms with Crippen LogP contribution in [0, 0.1) is 6.92 Å². The smallest absolute Gasteiger partial charge is 0.122 e. The van der Waals surface area contributed by atoms with Crippen molar-refractivity contribution in [3.05, 3.63) is 71.3 Å². The second-order valence-electron chi connectivity index (χ2n) is 4.30. The van der Waals surface area contributed by atoms with Gasteiger partial charge in [0, 0.05) is 0 Å². The summed E-state index contributed by atoms with van der Waals surface area (Å²) >= 11 is 0. The van der Waals surface area contributed by atoms with Crippen LogP contribution < -0.4 is 4.74 Å². The summed E-state index contributed by atoms with van der Waals surface area (Å²) in [6.07, 6.45) is 4.13. The lowest BCUT2D eigenvalue weighted by atomic mass is 10.1. The van der Waals surface area contributed by atoms with Gasteiger partial charge in [0.15, 0.2) is 0 Å². The Morgan fingerprint density at radius 2 is 1.83 bits per heavy atom. The van der Waals surface area contributed by atoms with Gasteiger partial charge < -0.3 is 4.74 Å². The van der Waals surface area contributed by atoms with E-state index in [-0.39, 0.29) is 0 Å². The second-order valence-corrected chi connectivity index (χ2v) is 4.30. The maximum atomic E-state index is 5.83. The van der Waals surface area contributed by atoms with Crippen LogP contribution >= 0.6 is 0 Å². The van der Waals surface area contributed by atoms with E-state index in [1.165, 1.54) is 16.7 Å². The number of ether oxygens (including phenoxy) is 1. The Morgan fingerprint density at radius 3 is 2.50 bits per heavy atom. The van der Waals surface area contributed by atoms with Gasteiger partial charge in [-0.1, -0.05) is 48.6 Å². The maximum absolute atomic E-state index is 5.83. The van der Waals surface area contributed by atoms with E-state index in [0.717, 1.165) is 5.75 Å². The Kier molecular flexibility index (Phi) is 4.19. The van der Waals surface area contributed by atoms with Crippen LogP contribution in [-0.4, -0.2) is 0 Å². The first-order chi connectivity index (χ1) is 8.79. The molecule has 2 aromatic carbocycles. The highest BCUT2D eigenvalue weighted by Gasteiger charge is 2.00. The van der Waals surface area contributed by atoms with E-state index in [9.17, 15) is 0 Å². The van der Waals surface area contributed by atoms with E-state index in [1.807, 2.05) is 37.3 Å². The first kappa shape index (κ1) is 12.4. The predicted octanol–water partition coefficient (Wildman–Crippen LogP) is 4.61. The van der Waals surface area contributed by atoms with Crippen molar-refractivity contribution >= 4 is 6.08 Å². The van der Waals surface area contributed by atoms with Crippen molar-refractivity contribution in [2.24, 2.45) is 0 Å². The third kappa shape index (κ3) is 3.24. The van der Waals surface area contributed by atoms with E-state index in [1.54, 1.807) is 0 Å². The SMILES string of the molecule is CC=Cc1ccc(OCc2ccccc2)c(C)c1. The van der Waals surface area contributed by atoms with Crippen molar-refractivity contribution in [1.82, 2.24) is 0 Å². The molecule has 0 fully saturated rings. The van der Waals surface area contributed by atoms with Crippen molar-refractivity contribution in [2.45, 2.75) is 20.5 Å². The molecule has 0 amide bonds. The summed E-state index contributed by atoms with van der Waals surface area (Å²) in [6.45, 7) is 4.72. The topological polar surface area (TPSA) is 9.23 Å². The number of hydrogen-bond acceptors (Lipinski definition) is 1. The molecule has 2 aromatic rings. The number of benzene rings is 2. The molecule has 1 nitrogen and oxygen atoms in total. The highest BCUT2D eigenvalue weighted by atomic mass is 16.5. The van der Waals surface area contributed by atoms with Gasteiger partial charge in [-0.25, -0.2) is 0 Å². The minimum atomic E-state index is 0.616. The fraction of sp³-hybridized carbons (Fsp3) is 0.176. The fourth-order valence-corrected chi connectivity index (χ4v) is 1.87. The van der Waals surface area contributed by atoms with Gasteiger partial charge in [-0.15, -0.1) is 0 Å². The van der Waals surface area contributed by atoms with Gasteiger partial charge in [0.2, 0.25) is 0 Å². The zero-order valence-electron chi connectivity index (χ0n) is 10.9. The summed E-state index contributed by atoms with van der Waals surface area (Å²) in [5.41, 5.74) is 3.57. The first-order valence-corrected chi connectivity index (χ1v) is 6.19. The van der Waals surface area contributed by atoms with Crippen molar-refractivity contribution in [3.63, 3.8) is 0 Å². The van der Waals surface area contributed by atoms with Crippen LogP contribution in [-0.2, 0) is 6.61 Å². The van der Waals surface area contributed by atoms with E-state index in [2.05, 4.69) is 37.3 Å². The van der Waals surface area contributed by atoms with E-state index in [0.29, 0.717) is 6.61 Å². The zero-order valence-corrected chi connectivity index (χ0v) is 10.9. The highest BCUT2D eigenvalue weighted by Crippen LogP contribution is 2.21. The molecule has 0 atom stereocenters. The summed E-state index contributed by atoms with van der Waals surface area (Å²) in [5, 5.41) is 0. The molecule has 0 heterocycles. The zero-order chi connectivity index (χ0) is 12.8. The normalized spacial score (nSPS) is 10.8. The molecule has 18 heavy (non-hydrogen) atoms. The third-order valence-corrected chi connectivity index (χ3v) is 2.80. The van der Waals surface area contributed by atoms with Gasteiger partial charge in [0.25, 0.3) is 0 Å². The molecule has 2 rings (SSSR count). The predicted molar refractivity (Wildman–Crippen MR) is 76.7 cm³/mol. The number of hydrogen-bond donors (Lipinski definition) is 0. The van der Waals surface area contributed by atoms with Gasteiger partial charge >= 0.3 is 0 Å². The van der Waals surface area contributed by atoms with Crippen LogP contribution in [0.1, 0.15) is 23.6 Å². The molecule has 0 N–H and O–H groups in total. The molecule has 1 heteroatoms. The molecule has 0 bridgehead atoms. The first-order valence-electron chi connectivity index (χ1n) is 6.19. The molecule has 0 aliphatic rings. The molecule has 0 aliphatic carbocycles. The van der Waals surface area contributed by atoms with Crippen LogP contribution in [0.2, 0.25) is 0 Å². The van der Waals surface area contributed by atoms with E-state index >= 15 is 0 Å². The van der Waals surface area contributed by atoms with Gasteiger partial charge in [0.1, 0.15) is 12.4 Å². The Morgan fingerprint density at radius 1 is 1.06 bits per heavy atom. The summed E-state index contributed by atoms with van der Waals surface area (Å²) < 4.78 is 5.83. The lowest BCUT2D eigenvalue weighted by Crippen LogP contribution is -1.96. The minimum Gasteiger partial charge on any atom is -0.489 e. The molecule has 0 aromatic heterocycles. The van der Waals surface area contributed by atoms with Crippen LogP contribution in [0.4, 0.5) is 0 Å². The average Bonchev–Trinajstić information content (AvgIpc) is 2.39. The lowest BCUT2D eigenvalue weighted by molar-refractivity contribution is 0.304. The quantitative estimate of drug-likeness (QED) is 0.756. The van der Waals surface area contributed by atoms with Crippen molar-refractivity contribution < 1.29 is 4.74 Å². The van der Waals surface area contributed by atoms with Crippen LogP contribution in [0.25, 0.3) is 6.08 Å². The van der Waals surface area contributed by atoms with Gasteiger partial charge in [0.05, 0.1) is 0 Å². The van der Waals surface area contributed by atoms with Crippen molar-refractivity contribution in [2.75, 3.05) is 0 Å². The molecule has 0 aliphatic heterocycles. The standard InChI is InChI=1S/C17H18O/c1-3-7-15-10-11-17(14(2)12-15)18-13-16-8-5-4-6-9-16/h3-12H,13H2,1-2H3. The minimum absolute atomic E-state index is 0.616. The van der Waals surface area contributed by atoms with E-state index < -0.39 is 0 Å². The molecular formula is C17H18O. The molecular weight excluding hydrogens is 220 g/mol. The summed E-state index contributed by atoms with van der Waals surface area (Å²) in [7, 11) is 0. The van der Waals surface area contributed by atoms with Crippen molar-refractivity contribution in [1.29, 1.82) is 0 Å². The van der Waals surface area contributed by atoms with Crippen LogP contribution in [0.15, 0.2) is 54.6 Å². The number of rotatable bonds is 4. The monoisotopic (exact) mass is 238 g/mol. The summed E-state index contributed by atoms with van der Waals surface area (Å²) in [4.78, 5) is 0. The van der Waals surface area contributed by atoms with Crippen molar-refractivity contribution in [3.8, 4) is 5.75 Å². The van der Waals surface area contributed by atoms with Gasteiger partial charge in [-0.05, 0) is 42.7 Å². The third-order valence-electron chi connectivity index (χ3n) is 2.80. The summed E-state index contributed by atoms with van der Waals surface area (Å²) in [5.74, 6) is 0.951. The second kappa shape index (κ2) is 6.06. The van der Waals surface area contributed by atoms with Crippen LogP contribution in [0.3, 0.4) is 0 Å². The molecule has 0 radical (unpaired) electrons. The Labute approximate surface area is 109 Å². The molecule has 0 spiro atoms. The Balaban J connectivity index is 2.06. The number of aryl methyl sites for hydroxylation is 1. The Hall–Kier alpha value is -2.02. The largest absolute Gasteiger partial charge is 0.489 e. The molecule has 0 saturated carbocycles. The molecule has 0 saturated heterocycles. The van der Waals surface area contributed by atoms with Gasteiger partial charge in [-0.3, -0.25) is 0 Å². The Bertz CT molecular complexity index is 527. The fourth-order valence-electron chi connectivity index (χ4n) is 1.87. The van der Waals surface area contributed by atoms with Gasteiger partial charge in [-0.2, -0.15) is 0 Å². The molecule has 92 valence electrons. The highest BCUT2D eigenvalue weighted by molar-refractivity contribution is 5.52. The maximum Gasteiger partial charge on any atom is 0.122 e. The lowest BCUT2D eigenvalue weighted by Gasteiger charge is -2.09. The summed E-state index contributed by atoms with van der Waals surface area (Å²) in [6, 6.07) is 16.5. The number of allylic oxidation sites excluding steroid dienone is 1. The van der Waals surface area contributed by atoms with E-state index in [4.69, 9.17) is 4.74 Å². The van der Waals surface area contributed by atoms with Crippen LogP contribution in [0.5, 0.6) is 5.75 Å².